The Hall–Kier alpha value is -1.62. The van der Waals surface area contributed by atoms with Crippen LogP contribution in [0.2, 0.25) is 0 Å². The first-order valence-electron chi connectivity index (χ1n) is 7.60. The Bertz CT molecular complexity index is 552. The quantitative estimate of drug-likeness (QED) is 0.777. The van der Waals surface area contributed by atoms with E-state index in [1.807, 2.05) is 0 Å². The van der Waals surface area contributed by atoms with Crippen LogP contribution in [0.4, 0.5) is 11.6 Å². The van der Waals surface area contributed by atoms with Crippen LogP contribution in [-0.4, -0.2) is 23.1 Å². The smallest absolute Gasteiger partial charge is 0.134 e. The average Bonchev–Trinajstić information content (AvgIpc) is 2.97. The Morgan fingerprint density at radius 2 is 1.86 bits per heavy atom. The Balaban J connectivity index is 2.08. The second-order valence-electron chi connectivity index (χ2n) is 5.05. The van der Waals surface area contributed by atoms with E-state index in [0.717, 1.165) is 55.4 Å². The van der Waals surface area contributed by atoms with Gasteiger partial charge in [-0.05, 0) is 49.1 Å². The Morgan fingerprint density at radius 1 is 1.10 bits per heavy atom. The summed E-state index contributed by atoms with van der Waals surface area (Å²) in [7, 11) is 0. The number of anilines is 2. The van der Waals surface area contributed by atoms with E-state index in [-0.39, 0.29) is 0 Å². The predicted molar refractivity (Wildman–Crippen MR) is 91.4 cm³/mol. The Labute approximate surface area is 131 Å². The molecular formula is C16H24N4S. The van der Waals surface area contributed by atoms with Crippen molar-refractivity contribution < 1.29 is 0 Å². The van der Waals surface area contributed by atoms with Gasteiger partial charge in [0.15, 0.2) is 0 Å². The summed E-state index contributed by atoms with van der Waals surface area (Å²) in [4.78, 5) is 9.27. The molecule has 0 amide bonds. The van der Waals surface area contributed by atoms with Crippen LogP contribution in [0, 0.1) is 6.92 Å². The molecule has 114 valence electrons. The highest BCUT2D eigenvalue weighted by atomic mass is 32.1. The molecular weight excluding hydrogens is 280 g/mol. The lowest BCUT2D eigenvalue weighted by molar-refractivity contribution is 0.829. The topological polar surface area (TPSA) is 49.8 Å². The molecule has 0 spiro atoms. The summed E-state index contributed by atoms with van der Waals surface area (Å²) < 4.78 is 0. The van der Waals surface area contributed by atoms with Gasteiger partial charge in [-0.2, -0.15) is 11.3 Å². The zero-order chi connectivity index (χ0) is 15.1. The second kappa shape index (κ2) is 7.98. The molecule has 5 heteroatoms. The first-order valence-corrected chi connectivity index (χ1v) is 8.55. The molecule has 2 aromatic rings. The highest BCUT2D eigenvalue weighted by Crippen LogP contribution is 2.20. The number of aryl methyl sites for hydroxylation is 1. The van der Waals surface area contributed by atoms with Gasteiger partial charge in [0.05, 0.1) is 0 Å². The minimum Gasteiger partial charge on any atom is -0.370 e. The summed E-state index contributed by atoms with van der Waals surface area (Å²) in [6.07, 6.45) is 2.99. The van der Waals surface area contributed by atoms with E-state index in [1.54, 1.807) is 11.3 Å². The highest BCUT2D eigenvalue weighted by molar-refractivity contribution is 7.07. The van der Waals surface area contributed by atoms with Gasteiger partial charge in [0.25, 0.3) is 0 Å². The lowest BCUT2D eigenvalue weighted by Gasteiger charge is -2.14. The minimum absolute atomic E-state index is 0.873. The van der Waals surface area contributed by atoms with Crippen molar-refractivity contribution in [3.05, 3.63) is 33.8 Å². The number of nitrogens with one attached hydrogen (secondary N) is 2. The van der Waals surface area contributed by atoms with Crippen molar-refractivity contribution in [1.82, 2.24) is 9.97 Å². The van der Waals surface area contributed by atoms with Crippen molar-refractivity contribution in [2.24, 2.45) is 0 Å². The number of thiophene rings is 1. The first kappa shape index (κ1) is 15.8. The third-order valence-electron chi connectivity index (χ3n) is 3.30. The van der Waals surface area contributed by atoms with Crippen molar-refractivity contribution in [3.63, 3.8) is 0 Å². The van der Waals surface area contributed by atoms with Crippen LogP contribution in [0.3, 0.4) is 0 Å². The van der Waals surface area contributed by atoms with Gasteiger partial charge in [-0.25, -0.2) is 9.97 Å². The number of hydrogen-bond acceptors (Lipinski definition) is 5. The molecule has 0 aromatic carbocycles. The molecule has 2 aromatic heterocycles. The fourth-order valence-corrected chi connectivity index (χ4v) is 2.87. The predicted octanol–water partition coefficient (Wildman–Crippen LogP) is 3.89. The largest absolute Gasteiger partial charge is 0.370 e. The zero-order valence-electron chi connectivity index (χ0n) is 13.1. The van der Waals surface area contributed by atoms with Crippen molar-refractivity contribution >= 4 is 23.0 Å². The van der Waals surface area contributed by atoms with Gasteiger partial charge in [0.1, 0.15) is 17.5 Å². The molecule has 0 bridgehead atoms. The van der Waals surface area contributed by atoms with Gasteiger partial charge >= 0.3 is 0 Å². The summed E-state index contributed by atoms with van der Waals surface area (Å²) in [6, 6.07) is 2.17. The van der Waals surface area contributed by atoms with Crippen LogP contribution in [-0.2, 0) is 12.8 Å². The summed E-state index contributed by atoms with van der Waals surface area (Å²) in [5.74, 6) is 2.82. The van der Waals surface area contributed by atoms with Crippen molar-refractivity contribution in [1.29, 1.82) is 0 Å². The maximum atomic E-state index is 4.66. The van der Waals surface area contributed by atoms with Gasteiger partial charge in [-0.3, -0.25) is 0 Å². The van der Waals surface area contributed by atoms with Crippen LogP contribution in [0.1, 0.15) is 37.2 Å². The molecule has 0 unspecified atom stereocenters. The van der Waals surface area contributed by atoms with E-state index >= 15 is 0 Å². The van der Waals surface area contributed by atoms with E-state index < -0.39 is 0 Å². The number of aromatic nitrogens is 2. The van der Waals surface area contributed by atoms with Crippen molar-refractivity contribution in [2.45, 2.75) is 40.0 Å². The molecule has 0 aliphatic rings. The van der Waals surface area contributed by atoms with Gasteiger partial charge in [-0.1, -0.05) is 6.92 Å². The normalized spacial score (nSPS) is 10.6. The van der Waals surface area contributed by atoms with Crippen LogP contribution in [0.5, 0.6) is 0 Å². The molecule has 2 rings (SSSR count). The summed E-state index contributed by atoms with van der Waals surface area (Å²) in [5, 5.41) is 11.1. The Morgan fingerprint density at radius 3 is 2.48 bits per heavy atom. The van der Waals surface area contributed by atoms with Crippen molar-refractivity contribution in [3.8, 4) is 0 Å². The van der Waals surface area contributed by atoms with Gasteiger partial charge in [-0.15, -0.1) is 0 Å². The lowest BCUT2D eigenvalue weighted by atomic mass is 10.2. The molecule has 2 heterocycles. The van der Waals surface area contributed by atoms with Gasteiger partial charge < -0.3 is 10.6 Å². The fourth-order valence-electron chi connectivity index (χ4n) is 2.17. The molecule has 4 nitrogen and oxygen atoms in total. The molecule has 0 radical (unpaired) electrons. The fraction of sp³-hybridized carbons (Fsp3) is 0.500. The van der Waals surface area contributed by atoms with E-state index in [9.17, 15) is 0 Å². The van der Waals surface area contributed by atoms with Gasteiger partial charge in [0.2, 0.25) is 0 Å². The molecule has 21 heavy (non-hydrogen) atoms. The average molecular weight is 304 g/mol. The van der Waals surface area contributed by atoms with Crippen molar-refractivity contribution in [2.75, 3.05) is 23.7 Å². The van der Waals surface area contributed by atoms with E-state index in [2.05, 4.69) is 58.2 Å². The number of hydrogen-bond donors (Lipinski definition) is 2. The zero-order valence-corrected chi connectivity index (χ0v) is 13.9. The molecule has 0 aliphatic carbocycles. The monoisotopic (exact) mass is 304 g/mol. The van der Waals surface area contributed by atoms with E-state index in [0.29, 0.717) is 0 Å². The maximum absolute atomic E-state index is 4.66. The summed E-state index contributed by atoms with van der Waals surface area (Å²) in [5.41, 5.74) is 2.47. The lowest BCUT2D eigenvalue weighted by Crippen LogP contribution is -2.13. The molecule has 0 aliphatic heterocycles. The molecule has 0 fully saturated rings. The molecule has 0 atom stereocenters. The third kappa shape index (κ3) is 4.43. The summed E-state index contributed by atoms with van der Waals surface area (Å²) >= 11 is 1.74. The first-order chi connectivity index (χ1) is 10.2. The third-order valence-corrected chi connectivity index (χ3v) is 4.03. The molecule has 2 N–H and O–H groups in total. The number of nitrogens with zero attached hydrogens (tertiary/aromatic N) is 2. The standard InChI is InChI=1S/C16H24N4S/c1-4-6-14-19-15(17-5-2)12(3)16(20-14)18-9-7-13-8-10-21-11-13/h8,10-11H,4-7,9H2,1-3H3,(H2,17,18,19,20). The SMILES string of the molecule is CCCc1nc(NCC)c(C)c(NCCc2ccsc2)n1. The van der Waals surface area contributed by atoms with Crippen LogP contribution >= 0.6 is 11.3 Å². The Kier molecular flexibility index (Phi) is 5.99. The molecule has 0 saturated heterocycles. The van der Waals surface area contributed by atoms with E-state index in [1.165, 1.54) is 5.56 Å². The number of rotatable bonds is 8. The molecule has 0 saturated carbocycles. The van der Waals surface area contributed by atoms with Crippen LogP contribution < -0.4 is 10.6 Å². The second-order valence-corrected chi connectivity index (χ2v) is 5.83. The maximum Gasteiger partial charge on any atom is 0.134 e. The van der Waals surface area contributed by atoms with Crippen LogP contribution in [0.15, 0.2) is 16.8 Å². The van der Waals surface area contributed by atoms with Gasteiger partial charge in [0, 0.05) is 25.1 Å². The summed E-state index contributed by atoms with van der Waals surface area (Å²) in [6.45, 7) is 8.08. The minimum atomic E-state index is 0.873. The highest BCUT2D eigenvalue weighted by Gasteiger charge is 2.09. The van der Waals surface area contributed by atoms with E-state index in [4.69, 9.17) is 0 Å². The van der Waals surface area contributed by atoms with Crippen LogP contribution in [0.25, 0.3) is 0 Å².